The van der Waals surface area contributed by atoms with Gasteiger partial charge in [-0.3, -0.25) is 0 Å². The summed E-state index contributed by atoms with van der Waals surface area (Å²) in [4.78, 5) is 0. The summed E-state index contributed by atoms with van der Waals surface area (Å²) >= 11 is 0. The number of pyridine rings is 2. The number of methoxy groups -OCH3 is 1. The van der Waals surface area contributed by atoms with Gasteiger partial charge in [0.1, 0.15) is 19.8 Å². The van der Waals surface area contributed by atoms with Crippen LogP contribution in [0.15, 0.2) is 170 Å². The summed E-state index contributed by atoms with van der Waals surface area (Å²) < 4.78 is 10.4. The first kappa shape index (κ1) is 32.3. The molecule has 8 heterocycles. The second kappa shape index (κ2) is 13.2. The molecule has 30 rings (SSSR count). The van der Waals surface area contributed by atoms with Gasteiger partial charge in [-0.2, -0.15) is 0 Å². The second-order valence-electron chi connectivity index (χ2n) is 14.1. The van der Waals surface area contributed by atoms with E-state index in [1.807, 2.05) is 0 Å². The molecule has 0 unspecified atom stereocenters. The lowest BCUT2D eigenvalue weighted by Crippen LogP contribution is -2.32. The van der Waals surface area contributed by atoms with Gasteiger partial charge < -0.3 is 4.74 Å². The third-order valence-electron chi connectivity index (χ3n) is 10.8. The second-order valence-corrected chi connectivity index (χ2v) is 14.1. The minimum absolute atomic E-state index is 0.867. The maximum atomic E-state index is 5.98. The van der Waals surface area contributed by atoms with Crippen LogP contribution in [0, 0.1) is 6.92 Å². The van der Waals surface area contributed by atoms with Gasteiger partial charge in [0, 0.05) is 28.8 Å². The number of aromatic nitrogens is 2. The Kier molecular flexibility index (Phi) is 8.05. The molecular formula is C50H40N2O+2. The van der Waals surface area contributed by atoms with Crippen molar-refractivity contribution in [3.63, 3.8) is 0 Å². The monoisotopic (exact) mass is 684 g/mol. The smallest absolute Gasteiger partial charge is 0.212 e. The lowest BCUT2D eigenvalue weighted by atomic mass is 9.92. The molecule has 6 aliphatic heterocycles. The van der Waals surface area contributed by atoms with Crippen molar-refractivity contribution in [1.82, 2.24) is 0 Å². The van der Waals surface area contributed by atoms with E-state index in [4.69, 9.17) is 4.74 Å². The molecule has 8 aromatic rings. The number of rotatable bonds is 1. The Labute approximate surface area is 311 Å². The largest absolute Gasteiger partial charge is 0.496 e. The molecule has 16 bridgehead atoms. The van der Waals surface area contributed by atoms with E-state index >= 15 is 0 Å². The van der Waals surface area contributed by atoms with E-state index in [2.05, 4.69) is 200 Å². The molecule has 0 radical (unpaired) electrons. The Morgan fingerprint density at radius 2 is 0.642 bits per heavy atom. The highest BCUT2D eigenvalue weighted by atomic mass is 16.5. The zero-order chi connectivity index (χ0) is 36.1. The zero-order valence-corrected chi connectivity index (χ0v) is 30.5. The van der Waals surface area contributed by atoms with E-state index in [0.29, 0.717) is 0 Å². The Bertz CT molecular complexity index is 2620. The van der Waals surface area contributed by atoms with E-state index in [-0.39, 0.29) is 0 Å². The molecule has 3 heteroatoms. The van der Waals surface area contributed by atoms with Crippen LogP contribution >= 0.6 is 0 Å². The summed E-state index contributed by atoms with van der Waals surface area (Å²) in [6.45, 7) is 2.18. The SMILES string of the molecule is COc1cc2c(C)cc1-c1ccc(cc1)-c1ccc(cc1)-c1ccc(c[n+]1C)-c1ccc([n+](C)c1)-c1ccc(cc1)-c1ccc(cc1)-c1ccc-2cc1. The van der Waals surface area contributed by atoms with E-state index in [0.717, 1.165) is 16.9 Å². The van der Waals surface area contributed by atoms with Crippen molar-refractivity contribution in [2.75, 3.05) is 7.11 Å². The Morgan fingerprint density at radius 1 is 0.340 bits per heavy atom. The fourth-order valence-corrected chi connectivity index (χ4v) is 7.76. The Balaban J connectivity index is 1.13. The van der Waals surface area contributed by atoms with E-state index in [9.17, 15) is 0 Å². The third kappa shape index (κ3) is 6.00. The number of benzene rings is 6. The van der Waals surface area contributed by atoms with Crippen LogP contribution < -0.4 is 13.9 Å². The molecule has 0 saturated carbocycles. The van der Waals surface area contributed by atoms with Crippen LogP contribution in [0.4, 0.5) is 0 Å². The van der Waals surface area contributed by atoms with Crippen LogP contribution in [0.2, 0.25) is 0 Å². The molecule has 0 N–H and O–H groups in total. The minimum Gasteiger partial charge on any atom is -0.496 e. The van der Waals surface area contributed by atoms with Crippen LogP contribution in [0.1, 0.15) is 5.56 Å². The summed E-state index contributed by atoms with van der Waals surface area (Å²) in [5.41, 5.74) is 20.0. The lowest BCUT2D eigenvalue weighted by Gasteiger charge is -2.15. The standard InChI is InChI=1S/C50H40N2O/c1-33-29-47-41-19-11-37(12-20-41)39-15-23-43(24-16-39)49-28-26-45(32-52(49)3)44-25-27-48(51(2)31-44)42-21-13-38(14-22-42)35-7-5-34(6-8-35)36-9-17-40(18-10-36)46(33)30-50(47)53-4/h5-32H,1-4H3/q+2. The molecule has 0 saturated heterocycles. The van der Waals surface area contributed by atoms with Gasteiger partial charge in [-0.15, -0.1) is 0 Å². The molecule has 0 spiro atoms. The van der Waals surface area contributed by atoms with Crippen molar-refractivity contribution >= 4 is 0 Å². The third-order valence-corrected chi connectivity index (χ3v) is 10.8. The molecule has 254 valence electrons. The number of nitrogens with zero attached hydrogens (tertiary/aromatic N) is 2. The molecule has 0 amide bonds. The van der Waals surface area contributed by atoms with Crippen molar-refractivity contribution < 1.29 is 13.9 Å². The first-order valence-corrected chi connectivity index (χ1v) is 18.1. The highest BCUT2D eigenvalue weighted by Crippen LogP contribution is 2.38. The topological polar surface area (TPSA) is 17.0 Å². The molecule has 22 aliphatic rings. The van der Waals surface area contributed by atoms with Gasteiger partial charge in [-0.1, -0.05) is 97.1 Å². The molecule has 16 aliphatic carbocycles. The fourth-order valence-electron chi connectivity index (χ4n) is 7.76. The van der Waals surface area contributed by atoms with Crippen molar-refractivity contribution in [2.24, 2.45) is 14.1 Å². The summed E-state index contributed by atoms with van der Waals surface area (Å²) in [5, 5.41) is 0. The highest BCUT2D eigenvalue weighted by Gasteiger charge is 2.17. The van der Waals surface area contributed by atoms with Crippen molar-refractivity contribution in [2.45, 2.75) is 6.92 Å². The van der Waals surface area contributed by atoms with Crippen molar-refractivity contribution in [3.8, 4) is 95.0 Å². The number of aryl methyl sites for hydroxylation is 3. The Morgan fingerprint density at radius 3 is 0.981 bits per heavy atom. The molecular weight excluding hydrogens is 645 g/mol. The first-order valence-electron chi connectivity index (χ1n) is 18.1. The van der Waals surface area contributed by atoms with Gasteiger partial charge in [0.25, 0.3) is 0 Å². The van der Waals surface area contributed by atoms with Gasteiger partial charge in [0.05, 0.1) is 18.2 Å². The van der Waals surface area contributed by atoms with Gasteiger partial charge in [0.15, 0.2) is 12.4 Å². The van der Waals surface area contributed by atoms with Crippen molar-refractivity contribution in [1.29, 1.82) is 0 Å². The molecule has 6 aromatic carbocycles. The average molecular weight is 685 g/mol. The summed E-state index contributed by atoms with van der Waals surface area (Å²) in [7, 11) is 6.01. The summed E-state index contributed by atoms with van der Waals surface area (Å²) in [6.07, 6.45) is 4.44. The van der Waals surface area contributed by atoms with Crippen LogP contribution in [0.3, 0.4) is 0 Å². The lowest BCUT2D eigenvalue weighted by molar-refractivity contribution is -0.661. The molecule has 53 heavy (non-hydrogen) atoms. The van der Waals surface area contributed by atoms with Crippen LogP contribution in [-0.4, -0.2) is 7.11 Å². The summed E-state index contributed by atoms with van der Waals surface area (Å²) in [5.74, 6) is 0.867. The van der Waals surface area contributed by atoms with Gasteiger partial charge in [-0.05, 0) is 111 Å². The van der Waals surface area contributed by atoms with E-state index in [1.54, 1.807) is 7.11 Å². The summed E-state index contributed by atoms with van der Waals surface area (Å²) in [6, 6.07) is 57.6. The minimum atomic E-state index is 0.867. The Hall–Kier alpha value is -6.58. The van der Waals surface area contributed by atoms with Crippen molar-refractivity contribution in [3.05, 3.63) is 176 Å². The van der Waals surface area contributed by atoms with Gasteiger partial charge >= 0.3 is 0 Å². The predicted molar refractivity (Wildman–Crippen MR) is 217 cm³/mol. The van der Waals surface area contributed by atoms with Gasteiger partial charge in [0.2, 0.25) is 11.4 Å². The molecule has 0 fully saturated rings. The first-order chi connectivity index (χ1) is 25.9. The van der Waals surface area contributed by atoms with E-state index < -0.39 is 0 Å². The van der Waals surface area contributed by atoms with Crippen LogP contribution in [0.5, 0.6) is 5.75 Å². The average Bonchev–Trinajstić information content (AvgIpc) is 3.21. The molecule has 2 aromatic heterocycles. The maximum Gasteiger partial charge on any atom is 0.212 e. The quantitative estimate of drug-likeness (QED) is 0.157. The highest BCUT2D eigenvalue weighted by molar-refractivity contribution is 5.82. The van der Waals surface area contributed by atoms with E-state index in [1.165, 1.54) is 83.7 Å². The number of hydrogen-bond acceptors (Lipinski definition) is 1. The predicted octanol–water partition coefficient (Wildman–Crippen LogP) is 11.3. The number of hydrogen-bond donors (Lipinski definition) is 0. The van der Waals surface area contributed by atoms with Crippen LogP contribution in [0.25, 0.3) is 89.3 Å². The number of ether oxygens (including phenoxy) is 1. The fraction of sp³-hybridized carbons (Fsp3) is 0.0800. The zero-order valence-electron chi connectivity index (χ0n) is 30.5. The molecule has 0 atom stereocenters. The maximum absolute atomic E-state index is 5.98. The van der Waals surface area contributed by atoms with Gasteiger partial charge in [-0.25, -0.2) is 9.13 Å². The normalized spacial score (nSPS) is 11.4. The molecule has 3 nitrogen and oxygen atoms in total. The van der Waals surface area contributed by atoms with Crippen LogP contribution in [-0.2, 0) is 14.1 Å².